The van der Waals surface area contributed by atoms with E-state index in [1.165, 1.54) is 37.5 Å². The van der Waals surface area contributed by atoms with E-state index >= 15 is 0 Å². The van der Waals surface area contributed by atoms with E-state index in [4.69, 9.17) is 20.8 Å². The molecule has 0 radical (unpaired) electrons. The average Bonchev–Trinajstić information content (AvgIpc) is 3.43. The van der Waals surface area contributed by atoms with Crippen molar-refractivity contribution in [3.63, 3.8) is 0 Å². The van der Waals surface area contributed by atoms with Gasteiger partial charge in [-0.05, 0) is 69.5 Å². The molecule has 0 saturated carbocycles. The highest BCUT2D eigenvalue weighted by Crippen LogP contribution is 2.36. The monoisotopic (exact) mass is 589 g/mol. The van der Waals surface area contributed by atoms with Crippen molar-refractivity contribution in [1.82, 2.24) is 10.2 Å². The first-order chi connectivity index (χ1) is 17.7. The highest BCUT2D eigenvalue weighted by atomic mass is 79.9. The largest absolute Gasteiger partial charge is 0.486 e. The molecule has 0 unspecified atom stereocenters. The number of furan rings is 1. The van der Waals surface area contributed by atoms with Crippen LogP contribution in [0.5, 0.6) is 5.75 Å². The number of nitro benzene ring substituents is 1. The van der Waals surface area contributed by atoms with Crippen LogP contribution in [0.4, 0.5) is 10.5 Å². The molecule has 4 rings (SSSR count). The maximum absolute atomic E-state index is 12.8. The van der Waals surface area contributed by atoms with E-state index < -0.39 is 22.8 Å². The van der Waals surface area contributed by atoms with Gasteiger partial charge in [-0.25, -0.2) is 9.59 Å². The van der Waals surface area contributed by atoms with Crippen molar-refractivity contribution in [1.29, 1.82) is 0 Å². The van der Waals surface area contributed by atoms with Gasteiger partial charge in [0.1, 0.15) is 18.1 Å². The van der Waals surface area contributed by atoms with Crippen LogP contribution in [0.3, 0.4) is 0 Å². The Morgan fingerprint density at radius 2 is 1.95 bits per heavy atom. The third-order valence-corrected chi connectivity index (χ3v) is 6.06. The van der Waals surface area contributed by atoms with Gasteiger partial charge in [-0.15, -0.1) is 0 Å². The summed E-state index contributed by atoms with van der Waals surface area (Å²) in [7, 11) is 1.21. The van der Waals surface area contributed by atoms with Crippen molar-refractivity contribution in [3.8, 4) is 5.75 Å². The molecule has 1 aromatic heterocycles. The number of ether oxygens (including phenoxy) is 2. The van der Waals surface area contributed by atoms with Crippen molar-refractivity contribution in [2.24, 2.45) is 0 Å². The van der Waals surface area contributed by atoms with Gasteiger partial charge in [-0.3, -0.25) is 19.8 Å². The zero-order chi connectivity index (χ0) is 26.7. The van der Waals surface area contributed by atoms with Crippen LogP contribution in [0.25, 0.3) is 6.08 Å². The van der Waals surface area contributed by atoms with Crippen molar-refractivity contribution >= 4 is 57.2 Å². The molecule has 1 N–H and O–H groups in total. The Kier molecular flexibility index (Phi) is 7.60. The van der Waals surface area contributed by atoms with Crippen LogP contribution in [0.1, 0.15) is 27.4 Å². The van der Waals surface area contributed by atoms with Crippen LogP contribution in [0, 0.1) is 10.1 Å². The zero-order valence-electron chi connectivity index (χ0n) is 19.0. The highest BCUT2D eigenvalue weighted by molar-refractivity contribution is 9.10. The quantitative estimate of drug-likeness (QED) is 0.126. The van der Waals surface area contributed by atoms with Crippen LogP contribution in [0.15, 0.2) is 63.1 Å². The van der Waals surface area contributed by atoms with E-state index in [0.29, 0.717) is 21.3 Å². The number of nitro groups is 1. The predicted octanol–water partition coefficient (Wildman–Crippen LogP) is 5.06. The minimum absolute atomic E-state index is 0.0206. The van der Waals surface area contributed by atoms with Crippen molar-refractivity contribution in [2.45, 2.75) is 13.2 Å². The minimum Gasteiger partial charge on any atom is -0.486 e. The van der Waals surface area contributed by atoms with Crippen molar-refractivity contribution in [3.05, 3.63) is 96.5 Å². The van der Waals surface area contributed by atoms with E-state index in [1.54, 1.807) is 24.3 Å². The summed E-state index contributed by atoms with van der Waals surface area (Å²) in [4.78, 5) is 48.0. The summed E-state index contributed by atoms with van der Waals surface area (Å²) in [6, 6.07) is 11.3. The lowest BCUT2D eigenvalue weighted by molar-refractivity contribution is -0.384. The van der Waals surface area contributed by atoms with Crippen molar-refractivity contribution in [2.75, 3.05) is 7.11 Å². The van der Waals surface area contributed by atoms with E-state index in [1.807, 2.05) is 0 Å². The molecule has 0 atom stereocenters. The van der Waals surface area contributed by atoms with Gasteiger partial charge in [0.15, 0.2) is 5.75 Å². The van der Waals surface area contributed by atoms with Crippen LogP contribution in [-0.2, 0) is 22.7 Å². The Balaban J connectivity index is 1.45. The number of esters is 1. The molecule has 1 fully saturated rings. The number of carbonyl (C=O) groups excluding carboxylic acids is 3. The Hall–Kier alpha value is -4.16. The molecule has 0 bridgehead atoms. The summed E-state index contributed by atoms with van der Waals surface area (Å²) in [5, 5.41) is 13.5. The number of imide groups is 1. The molecule has 0 aliphatic carbocycles. The number of rotatable bonds is 8. The topological polar surface area (TPSA) is 141 Å². The number of non-ortho nitro benzene ring substituents is 1. The molecular formula is C24H17BrClN3O8. The van der Waals surface area contributed by atoms with E-state index in [9.17, 15) is 24.5 Å². The van der Waals surface area contributed by atoms with Crippen LogP contribution in [-0.4, -0.2) is 34.8 Å². The molecule has 3 amide bonds. The van der Waals surface area contributed by atoms with Gasteiger partial charge in [0.25, 0.3) is 11.6 Å². The SMILES string of the molecule is COC(=O)c1ccc(CN2C(=O)N/C(=C\c3cc(Cl)c(OCc4ccc([N+](=O)[O-])cc4)c(Br)c3)C2=O)o1. The van der Waals surface area contributed by atoms with Gasteiger partial charge >= 0.3 is 12.0 Å². The predicted molar refractivity (Wildman–Crippen MR) is 134 cm³/mol. The number of amides is 3. The average molecular weight is 591 g/mol. The number of hydrogen-bond donors (Lipinski definition) is 1. The maximum Gasteiger partial charge on any atom is 0.373 e. The van der Waals surface area contributed by atoms with Crippen LogP contribution >= 0.6 is 27.5 Å². The fraction of sp³-hybridized carbons (Fsp3) is 0.125. The number of nitrogens with zero attached hydrogens (tertiary/aromatic N) is 2. The number of halogens is 2. The molecule has 13 heteroatoms. The Bertz CT molecular complexity index is 1410. The molecular weight excluding hydrogens is 574 g/mol. The third kappa shape index (κ3) is 5.81. The summed E-state index contributed by atoms with van der Waals surface area (Å²) in [5.74, 6) is -0.746. The van der Waals surface area contributed by atoms with Gasteiger partial charge in [-0.2, -0.15) is 0 Å². The fourth-order valence-corrected chi connectivity index (χ4v) is 4.37. The summed E-state index contributed by atoms with van der Waals surface area (Å²) in [6.07, 6.45) is 1.46. The Morgan fingerprint density at radius 3 is 2.59 bits per heavy atom. The molecule has 0 spiro atoms. The molecule has 190 valence electrons. The van der Waals surface area contributed by atoms with Crippen LogP contribution < -0.4 is 10.1 Å². The molecule has 1 saturated heterocycles. The second-order valence-electron chi connectivity index (χ2n) is 7.66. The Labute approximate surface area is 222 Å². The lowest BCUT2D eigenvalue weighted by Crippen LogP contribution is -2.30. The normalized spacial score (nSPS) is 14.1. The van der Waals surface area contributed by atoms with Crippen LogP contribution in [0.2, 0.25) is 5.02 Å². The summed E-state index contributed by atoms with van der Waals surface area (Å²) >= 11 is 9.78. The number of hydrogen-bond acceptors (Lipinski definition) is 8. The second kappa shape index (κ2) is 10.8. The van der Waals surface area contributed by atoms with Gasteiger partial charge in [0, 0.05) is 12.1 Å². The number of urea groups is 1. The van der Waals surface area contributed by atoms with Gasteiger partial charge in [0.05, 0.1) is 28.1 Å². The standard InChI is InChI=1S/C24H17BrClN3O8/c1-35-23(31)20-7-6-16(37-20)11-28-22(30)19(27-24(28)32)10-14-8-17(25)21(18(26)9-14)36-12-13-2-4-15(5-3-13)29(33)34/h2-10H,11-12H2,1H3,(H,27,32)/b19-10-. The number of benzene rings is 2. The van der Waals surface area contributed by atoms with Gasteiger partial charge in [0.2, 0.25) is 5.76 Å². The van der Waals surface area contributed by atoms with E-state index in [-0.39, 0.29) is 41.1 Å². The summed E-state index contributed by atoms with van der Waals surface area (Å²) < 4.78 is 16.2. The molecule has 3 aromatic rings. The van der Waals surface area contributed by atoms with Gasteiger partial charge < -0.3 is 19.2 Å². The highest BCUT2D eigenvalue weighted by Gasteiger charge is 2.34. The molecule has 2 aromatic carbocycles. The fourth-order valence-electron chi connectivity index (χ4n) is 3.38. The minimum atomic E-state index is -0.674. The summed E-state index contributed by atoms with van der Waals surface area (Å²) in [6.45, 7) is -0.0659. The molecule has 1 aliphatic heterocycles. The zero-order valence-corrected chi connectivity index (χ0v) is 21.4. The summed E-state index contributed by atoms with van der Waals surface area (Å²) in [5.41, 5.74) is 1.21. The number of carbonyl (C=O) groups is 3. The smallest absolute Gasteiger partial charge is 0.373 e. The Morgan fingerprint density at radius 1 is 1.22 bits per heavy atom. The van der Waals surface area contributed by atoms with E-state index in [0.717, 1.165) is 4.90 Å². The third-order valence-electron chi connectivity index (χ3n) is 5.19. The first kappa shape index (κ1) is 25.9. The lowest BCUT2D eigenvalue weighted by atomic mass is 10.1. The first-order valence-corrected chi connectivity index (χ1v) is 11.7. The first-order valence-electron chi connectivity index (χ1n) is 10.5. The maximum atomic E-state index is 12.8. The molecule has 1 aliphatic rings. The van der Waals surface area contributed by atoms with Crippen molar-refractivity contribution < 1.29 is 33.2 Å². The van der Waals surface area contributed by atoms with E-state index in [2.05, 4.69) is 26.0 Å². The molecule has 2 heterocycles. The lowest BCUT2D eigenvalue weighted by Gasteiger charge is -2.11. The number of nitrogens with one attached hydrogen (secondary N) is 1. The molecule has 37 heavy (non-hydrogen) atoms. The van der Waals surface area contributed by atoms with Gasteiger partial charge in [-0.1, -0.05) is 11.6 Å². The second-order valence-corrected chi connectivity index (χ2v) is 8.92. The number of methoxy groups -OCH3 is 1. The molecule has 11 nitrogen and oxygen atoms in total.